The molecule has 5 heteroatoms. The maximum Gasteiger partial charge on any atom is 0.241 e. The third kappa shape index (κ3) is 4.98. The van der Waals surface area contributed by atoms with Crippen LogP contribution < -0.4 is 10.6 Å². The second-order valence-corrected chi connectivity index (χ2v) is 7.65. The molecule has 0 saturated carbocycles. The van der Waals surface area contributed by atoms with Crippen LogP contribution in [0.2, 0.25) is 0 Å². The van der Waals surface area contributed by atoms with Crippen LogP contribution in [0.3, 0.4) is 0 Å². The first kappa shape index (κ1) is 20.1. The van der Waals surface area contributed by atoms with Crippen molar-refractivity contribution in [3.05, 3.63) is 59.7 Å². The summed E-state index contributed by atoms with van der Waals surface area (Å²) in [6.07, 6.45) is 1.53. The Kier molecular flexibility index (Phi) is 6.47. The molecule has 3 rings (SSSR count). The van der Waals surface area contributed by atoms with Gasteiger partial charge >= 0.3 is 0 Å². The Bertz CT molecular complexity index is 827. The Hall–Kier alpha value is -2.66. The molecule has 2 amide bonds. The third-order valence-corrected chi connectivity index (χ3v) is 5.51. The van der Waals surface area contributed by atoms with E-state index < -0.39 is 0 Å². The second kappa shape index (κ2) is 9.02. The third-order valence-electron chi connectivity index (χ3n) is 5.51. The first-order valence-electron chi connectivity index (χ1n) is 9.92. The van der Waals surface area contributed by atoms with Gasteiger partial charge in [-0.25, -0.2) is 0 Å². The quantitative estimate of drug-likeness (QED) is 0.826. The van der Waals surface area contributed by atoms with E-state index in [0.717, 1.165) is 42.9 Å². The molecular formula is C23H29N3O2. The number of piperidine rings is 1. The van der Waals surface area contributed by atoms with Crippen LogP contribution in [0.4, 0.5) is 11.4 Å². The summed E-state index contributed by atoms with van der Waals surface area (Å²) in [5.41, 5.74) is 3.94. The largest absolute Gasteiger partial charge is 0.326 e. The number of benzene rings is 2. The highest BCUT2D eigenvalue weighted by molar-refractivity contribution is 5.95. The maximum atomic E-state index is 12.7. The van der Waals surface area contributed by atoms with Crippen molar-refractivity contribution in [1.82, 2.24) is 4.90 Å². The normalized spacial score (nSPS) is 16.4. The summed E-state index contributed by atoms with van der Waals surface area (Å²) < 4.78 is 0. The summed E-state index contributed by atoms with van der Waals surface area (Å²) in [5.74, 6) is 0.0587. The molecule has 0 bridgehead atoms. The number of anilines is 2. The number of hydrogen-bond acceptors (Lipinski definition) is 3. The number of nitrogens with zero attached hydrogens (tertiary/aromatic N) is 1. The van der Waals surface area contributed by atoms with Crippen LogP contribution in [0.15, 0.2) is 48.5 Å². The molecule has 0 radical (unpaired) electrons. The highest BCUT2D eigenvalue weighted by atomic mass is 16.2. The zero-order valence-electron chi connectivity index (χ0n) is 16.9. The van der Waals surface area contributed by atoms with Crippen LogP contribution in [0.25, 0.3) is 0 Å². The minimum Gasteiger partial charge on any atom is -0.326 e. The zero-order valence-corrected chi connectivity index (χ0v) is 16.9. The maximum absolute atomic E-state index is 12.7. The lowest BCUT2D eigenvalue weighted by Crippen LogP contribution is -2.47. The summed E-state index contributed by atoms with van der Waals surface area (Å²) in [4.78, 5) is 27.3. The molecule has 2 N–H and O–H groups in total. The van der Waals surface area contributed by atoms with Crippen LogP contribution in [-0.4, -0.2) is 35.8 Å². The lowest BCUT2D eigenvalue weighted by molar-refractivity contribution is -0.123. The van der Waals surface area contributed by atoms with E-state index in [1.807, 2.05) is 63.2 Å². The monoisotopic (exact) mass is 379 g/mol. The van der Waals surface area contributed by atoms with Gasteiger partial charge in [-0.2, -0.15) is 0 Å². The van der Waals surface area contributed by atoms with E-state index in [2.05, 4.69) is 21.6 Å². The van der Waals surface area contributed by atoms with Crippen molar-refractivity contribution in [2.24, 2.45) is 5.92 Å². The smallest absolute Gasteiger partial charge is 0.241 e. The fourth-order valence-electron chi connectivity index (χ4n) is 3.67. The summed E-state index contributed by atoms with van der Waals surface area (Å²) >= 11 is 0. The summed E-state index contributed by atoms with van der Waals surface area (Å²) in [6.45, 7) is 7.47. The molecule has 1 fully saturated rings. The number of carbonyl (C=O) groups is 2. The Balaban J connectivity index is 1.51. The molecule has 5 nitrogen and oxygen atoms in total. The lowest BCUT2D eigenvalue weighted by Gasteiger charge is -2.34. The number of nitrogens with one attached hydrogen (secondary N) is 2. The highest BCUT2D eigenvalue weighted by Gasteiger charge is 2.30. The molecule has 0 aliphatic carbocycles. The van der Waals surface area contributed by atoms with Crippen molar-refractivity contribution >= 4 is 23.2 Å². The van der Waals surface area contributed by atoms with E-state index >= 15 is 0 Å². The molecule has 2 aromatic carbocycles. The summed E-state index contributed by atoms with van der Waals surface area (Å²) in [6, 6.07) is 15.3. The molecule has 28 heavy (non-hydrogen) atoms. The average molecular weight is 380 g/mol. The van der Waals surface area contributed by atoms with Crippen molar-refractivity contribution in [2.45, 2.75) is 39.7 Å². The zero-order chi connectivity index (χ0) is 20.1. The van der Waals surface area contributed by atoms with Gasteiger partial charge in [0.15, 0.2) is 0 Å². The molecule has 1 saturated heterocycles. The number of hydrogen-bond donors (Lipinski definition) is 2. The van der Waals surface area contributed by atoms with E-state index in [1.165, 1.54) is 5.56 Å². The second-order valence-electron chi connectivity index (χ2n) is 7.65. The number of aryl methyl sites for hydroxylation is 2. The van der Waals surface area contributed by atoms with Crippen LogP contribution in [-0.2, 0) is 9.59 Å². The van der Waals surface area contributed by atoms with Crippen LogP contribution in [0, 0.1) is 19.8 Å². The predicted octanol–water partition coefficient (Wildman–Crippen LogP) is 3.98. The molecule has 2 aromatic rings. The Morgan fingerprint density at radius 1 is 1.00 bits per heavy atom. The summed E-state index contributed by atoms with van der Waals surface area (Å²) in [7, 11) is 0. The highest BCUT2D eigenvalue weighted by Crippen LogP contribution is 2.22. The van der Waals surface area contributed by atoms with Crippen molar-refractivity contribution in [3.8, 4) is 0 Å². The van der Waals surface area contributed by atoms with E-state index in [4.69, 9.17) is 0 Å². The van der Waals surface area contributed by atoms with Gasteiger partial charge in [-0.05, 0) is 70.5 Å². The standard InChI is InChI=1S/C23H29N3O2/c1-16-9-10-21(17(2)15-16)25-22(27)18(3)26-13-11-19(12-14-26)23(28)24-20-7-5-4-6-8-20/h4-10,15,18-19H,11-14H2,1-3H3,(H,24,28)(H,25,27)/t18-/m0/s1. The fourth-order valence-corrected chi connectivity index (χ4v) is 3.67. The van der Waals surface area contributed by atoms with Gasteiger partial charge in [-0.15, -0.1) is 0 Å². The van der Waals surface area contributed by atoms with Gasteiger partial charge in [-0.3, -0.25) is 14.5 Å². The topological polar surface area (TPSA) is 61.4 Å². The van der Waals surface area contributed by atoms with Gasteiger partial charge in [0.05, 0.1) is 6.04 Å². The molecule has 1 aliphatic rings. The minimum absolute atomic E-state index is 0.000796. The number of carbonyl (C=O) groups excluding carboxylic acids is 2. The predicted molar refractivity (Wildman–Crippen MR) is 113 cm³/mol. The summed E-state index contributed by atoms with van der Waals surface area (Å²) in [5, 5.41) is 6.03. The van der Waals surface area contributed by atoms with Crippen LogP contribution in [0.5, 0.6) is 0 Å². The van der Waals surface area contributed by atoms with Crippen molar-refractivity contribution in [2.75, 3.05) is 23.7 Å². The SMILES string of the molecule is Cc1ccc(NC(=O)[C@H](C)N2CCC(C(=O)Nc3ccccc3)CC2)c(C)c1. The number of likely N-dealkylation sites (tertiary alicyclic amines) is 1. The van der Waals surface area contributed by atoms with Gasteiger partial charge < -0.3 is 10.6 Å². The number of rotatable bonds is 5. The number of amides is 2. The van der Waals surface area contributed by atoms with E-state index in [9.17, 15) is 9.59 Å². The van der Waals surface area contributed by atoms with E-state index in [-0.39, 0.29) is 23.8 Å². The Morgan fingerprint density at radius 2 is 1.68 bits per heavy atom. The van der Waals surface area contributed by atoms with E-state index in [1.54, 1.807) is 0 Å². The van der Waals surface area contributed by atoms with Crippen molar-refractivity contribution in [1.29, 1.82) is 0 Å². The first-order chi connectivity index (χ1) is 13.4. The molecule has 1 heterocycles. The van der Waals surface area contributed by atoms with E-state index in [0.29, 0.717) is 0 Å². The van der Waals surface area contributed by atoms with Crippen LogP contribution >= 0.6 is 0 Å². The molecule has 0 unspecified atom stereocenters. The van der Waals surface area contributed by atoms with Crippen molar-refractivity contribution < 1.29 is 9.59 Å². The minimum atomic E-state index is -0.223. The molecule has 0 aromatic heterocycles. The molecule has 1 atom stereocenters. The van der Waals surface area contributed by atoms with Gasteiger partial charge in [0.1, 0.15) is 0 Å². The molecule has 1 aliphatic heterocycles. The fraction of sp³-hybridized carbons (Fsp3) is 0.391. The van der Waals surface area contributed by atoms with Crippen molar-refractivity contribution in [3.63, 3.8) is 0 Å². The van der Waals surface area contributed by atoms with Gasteiger partial charge in [0.25, 0.3) is 0 Å². The van der Waals surface area contributed by atoms with Gasteiger partial charge in [0.2, 0.25) is 11.8 Å². The van der Waals surface area contributed by atoms with Gasteiger partial charge in [0, 0.05) is 17.3 Å². The Labute approximate surface area is 167 Å². The molecule has 0 spiro atoms. The van der Waals surface area contributed by atoms with Gasteiger partial charge in [-0.1, -0.05) is 35.9 Å². The molecule has 148 valence electrons. The Morgan fingerprint density at radius 3 is 2.32 bits per heavy atom. The lowest BCUT2D eigenvalue weighted by atomic mass is 9.94. The average Bonchev–Trinajstić information content (AvgIpc) is 2.70. The number of para-hydroxylation sites is 1. The molecular weight excluding hydrogens is 350 g/mol. The first-order valence-corrected chi connectivity index (χ1v) is 9.92. The van der Waals surface area contributed by atoms with Crippen LogP contribution in [0.1, 0.15) is 30.9 Å².